The third-order valence-electron chi connectivity index (χ3n) is 4.74. The molecule has 1 heterocycles. The number of carbonyl (C=O) groups excluding carboxylic acids is 1. The maximum Gasteiger partial charge on any atom is 0.292 e. The second-order valence-electron chi connectivity index (χ2n) is 6.57. The summed E-state index contributed by atoms with van der Waals surface area (Å²) in [6.45, 7) is 1.07. The van der Waals surface area contributed by atoms with Gasteiger partial charge in [0.1, 0.15) is 5.69 Å². The Kier molecular flexibility index (Phi) is 5.61. The molecule has 0 aliphatic carbocycles. The van der Waals surface area contributed by atoms with E-state index in [9.17, 15) is 23.3 Å². The van der Waals surface area contributed by atoms with Gasteiger partial charge in [0.2, 0.25) is 15.9 Å². The fourth-order valence-corrected chi connectivity index (χ4v) is 3.76. The number of nitrogens with two attached hydrogens (primary N) is 1. The van der Waals surface area contributed by atoms with Gasteiger partial charge in [0.05, 0.1) is 9.82 Å². The normalized spacial score (nSPS) is 15.2. The van der Waals surface area contributed by atoms with E-state index >= 15 is 0 Å². The molecule has 3 N–H and O–H groups in total. The number of sulfonamides is 1. The molecule has 2 aromatic rings. The first-order chi connectivity index (χ1) is 13.3. The number of nitrogens with zero attached hydrogens (tertiary/aromatic N) is 2. The molecule has 1 amide bonds. The molecule has 0 spiro atoms. The molecular formula is C18H20N4O5S. The number of amides is 1. The number of nitro benzene ring substituents is 1. The van der Waals surface area contributed by atoms with Gasteiger partial charge >= 0.3 is 0 Å². The average molecular weight is 404 g/mol. The van der Waals surface area contributed by atoms with E-state index in [-0.39, 0.29) is 22.4 Å². The van der Waals surface area contributed by atoms with E-state index in [4.69, 9.17) is 5.14 Å². The van der Waals surface area contributed by atoms with Gasteiger partial charge < -0.3 is 10.2 Å². The molecule has 0 unspecified atom stereocenters. The third-order valence-corrected chi connectivity index (χ3v) is 5.66. The van der Waals surface area contributed by atoms with Crippen molar-refractivity contribution >= 4 is 33.0 Å². The van der Waals surface area contributed by atoms with Crippen molar-refractivity contribution in [3.63, 3.8) is 0 Å². The predicted molar refractivity (Wildman–Crippen MR) is 104 cm³/mol. The number of anilines is 2. The monoisotopic (exact) mass is 404 g/mol. The molecule has 0 atom stereocenters. The maximum absolute atomic E-state index is 12.5. The van der Waals surface area contributed by atoms with E-state index < -0.39 is 14.9 Å². The smallest absolute Gasteiger partial charge is 0.292 e. The first-order valence-electron chi connectivity index (χ1n) is 8.68. The van der Waals surface area contributed by atoms with Crippen LogP contribution in [0.4, 0.5) is 17.1 Å². The summed E-state index contributed by atoms with van der Waals surface area (Å²) < 4.78 is 22.5. The van der Waals surface area contributed by atoms with Crippen LogP contribution in [0.3, 0.4) is 0 Å². The topological polar surface area (TPSA) is 136 Å². The van der Waals surface area contributed by atoms with E-state index in [2.05, 4.69) is 5.32 Å². The SMILES string of the molecule is NS(=O)(=O)c1ccc(NC(=O)C2CCN(c3ccccc3[N+](=O)[O-])CC2)cc1. The lowest BCUT2D eigenvalue weighted by molar-refractivity contribution is -0.384. The standard InChI is InChI=1S/C18H20N4O5S/c19-28(26,27)15-7-5-14(6-8-15)20-18(23)13-9-11-21(12-10-13)16-3-1-2-4-17(16)22(24)25/h1-8,13H,9-12H2,(H,20,23)(H2,19,26,27). The van der Waals surface area contributed by atoms with Gasteiger partial charge in [-0.1, -0.05) is 12.1 Å². The first-order valence-corrected chi connectivity index (χ1v) is 10.2. The fraction of sp³-hybridized carbons (Fsp3) is 0.278. The highest BCUT2D eigenvalue weighted by molar-refractivity contribution is 7.89. The molecule has 2 aromatic carbocycles. The Bertz CT molecular complexity index is 983. The number of piperidine rings is 1. The van der Waals surface area contributed by atoms with Crippen LogP contribution in [-0.4, -0.2) is 32.3 Å². The number of nitro groups is 1. The highest BCUT2D eigenvalue weighted by Gasteiger charge is 2.28. The Morgan fingerprint density at radius 1 is 1.11 bits per heavy atom. The van der Waals surface area contributed by atoms with Crippen LogP contribution in [0.15, 0.2) is 53.4 Å². The lowest BCUT2D eigenvalue weighted by Gasteiger charge is -2.32. The summed E-state index contributed by atoms with van der Waals surface area (Å²) in [5.41, 5.74) is 1.10. The molecule has 1 aliphatic rings. The quantitative estimate of drug-likeness (QED) is 0.578. The number of para-hydroxylation sites is 2. The fourth-order valence-electron chi connectivity index (χ4n) is 3.24. The molecular weight excluding hydrogens is 384 g/mol. The van der Waals surface area contributed by atoms with Gasteiger partial charge in [-0.3, -0.25) is 14.9 Å². The Labute approximate surface area is 162 Å². The van der Waals surface area contributed by atoms with Crippen LogP contribution in [0.2, 0.25) is 0 Å². The number of benzene rings is 2. The zero-order valence-electron chi connectivity index (χ0n) is 14.9. The van der Waals surface area contributed by atoms with Crippen molar-refractivity contribution in [3.8, 4) is 0 Å². The molecule has 1 saturated heterocycles. The molecule has 148 valence electrons. The lowest BCUT2D eigenvalue weighted by atomic mass is 9.95. The van der Waals surface area contributed by atoms with E-state index in [1.807, 2.05) is 4.90 Å². The number of rotatable bonds is 5. The molecule has 1 fully saturated rings. The number of carbonyl (C=O) groups is 1. The minimum atomic E-state index is -3.78. The van der Waals surface area contributed by atoms with Crippen molar-refractivity contribution in [2.24, 2.45) is 11.1 Å². The Hall–Kier alpha value is -2.98. The van der Waals surface area contributed by atoms with Gasteiger partial charge in [-0.25, -0.2) is 13.6 Å². The van der Waals surface area contributed by atoms with Crippen molar-refractivity contribution in [1.82, 2.24) is 0 Å². The van der Waals surface area contributed by atoms with Crippen LogP contribution in [0.1, 0.15) is 12.8 Å². The molecule has 0 aromatic heterocycles. The van der Waals surface area contributed by atoms with Crippen molar-refractivity contribution in [3.05, 3.63) is 58.6 Å². The van der Waals surface area contributed by atoms with Crippen LogP contribution >= 0.6 is 0 Å². The predicted octanol–water partition coefficient (Wildman–Crippen LogP) is 2.10. The summed E-state index contributed by atoms with van der Waals surface area (Å²) in [6, 6.07) is 12.2. The lowest BCUT2D eigenvalue weighted by Crippen LogP contribution is -2.38. The molecule has 3 rings (SSSR count). The Balaban J connectivity index is 1.61. The van der Waals surface area contributed by atoms with Crippen LogP contribution in [0.5, 0.6) is 0 Å². The molecule has 10 heteroatoms. The summed E-state index contributed by atoms with van der Waals surface area (Å²) in [4.78, 5) is 25.2. The van der Waals surface area contributed by atoms with E-state index in [0.29, 0.717) is 37.3 Å². The van der Waals surface area contributed by atoms with Gasteiger partial charge in [0, 0.05) is 30.8 Å². The Morgan fingerprint density at radius 2 is 1.71 bits per heavy atom. The molecule has 9 nitrogen and oxygen atoms in total. The first kappa shape index (κ1) is 19.8. The van der Waals surface area contributed by atoms with Gasteiger partial charge in [0.25, 0.3) is 5.69 Å². The van der Waals surface area contributed by atoms with Crippen molar-refractivity contribution in [2.75, 3.05) is 23.3 Å². The third kappa shape index (κ3) is 4.46. The highest BCUT2D eigenvalue weighted by atomic mass is 32.2. The van der Waals surface area contributed by atoms with Gasteiger partial charge in [0.15, 0.2) is 0 Å². The summed E-state index contributed by atoms with van der Waals surface area (Å²) in [6.07, 6.45) is 1.13. The Morgan fingerprint density at radius 3 is 2.29 bits per heavy atom. The minimum Gasteiger partial charge on any atom is -0.366 e. The molecule has 0 saturated carbocycles. The van der Waals surface area contributed by atoms with E-state index in [1.54, 1.807) is 18.2 Å². The summed E-state index contributed by atoms with van der Waals surface area (Å²) in [7, 11) is -3.78. The van der Waals surface area contributed by atoms with Crippen molar-refractivity contribution in [1.29, 1.82) is 0 Å². The largest absolute Gasteiger partial charge is 0.366 e. The molecule has 28 heavy (non-hydrogen) atoms. The summed E-state index contributed by atoms with van der Waals surface area (Å²) in [5, 5.41) is 19.0. The second-order valence-corrected chi connectivity index (χ2v) is 8.13. The van der Waals surface area contributed by atoms with Crippen LogP contribution in [-0.2, 0) is 14.8 Å². The van der Waals surface area contributed by atoms with Crippen molar-refractivity contribution in [2.45, 2.75) is 17.7 Å². The zero-order chi connectivity index (χ0) is 20.3. The van der Waals surface area contributed by atoms with E-state index in [1.165, 1.54) is 30.3 Å². The zero-order valence-corrected chi connectivity index (χ0v) is 15.8. The van der Waals surface area contributed by atoms with Gasteiger partial charge in [-0.05, 0) is 43.2 Å². The second kappa shape index (κ2) is 7.95. The molecule has 0 bridgehead atoms. The van der Waals surface area contributed by atoms with Gasteiger partial charge in [-0.15, -0.1) is 0 Å². The summed E-state index contributed by atoms with van der Waals surface area (Å²) in [5.74, 6) is -0.387. The van der Waals surface area contributed by atoms with Crippen LogP contribution < -0.4 is 15.4 Å². The molecule has 1 aliphatic heterocycles. The number of primary sulfonamides is 1. The molecule has 0 radical (unpaired) electrons. The average Bonchev–Trinajstić information content (AvgIpc) is 2.68. The van der Waals surface area contributed by atoms with Crippen LogP contribution in [0.25, 0.3) is 0 Å². The summed E-state index contributed by atoms with van der Waals surface area (Å²) >= 11 is 0. The number of hydrogen-bond acceptors (Lipinski definition) is 6. The van der Waals surface area contributed by atoms with Crippen molar-refractivity contribution < 1.29 is 18.1 Å². The number of hydrogen-bond donors (Lipinski definition) is 2. The highest BCUT2D eigenvalue weighted by Crippen LogP contribution is 2.31. The number of nitrogens with one attached hydrogen (secondary N) is 1. The van der Waals surface area contributed by atoms with E-state index in [0.717, 1.165) is 0 Å². The van der Waals surface area contributed by atoms with Gasteiger partial charge in [-0.2, -0.15) is 0 Å². The maximum atomic E-state index is 12.5. The minimum absolute atomic E-state index is 0.0248. The van der Waals surface area contributed by atoms with Crippen LogP contribution in [0, 0.1) is 16.0 Å².